The van der Waals surface area contributed by atoms with Crippen LogP contribution in [-0.2, 0) is 4.79 Å². The number of carbonyl (C=O) groups excluding carboxylic acids is 1. The number of amides is 1. The van der Waals surface area contributed by atoms with Gasteiger partial charge in [-0.15, -0.1) is 0 Å². The molecule has 1 amide bonds. The van der Waals surface area contributed by atoms with Gasteiger partial charge >= 0.3 is 0 Å². The summed E-state index contributed by atoms with van der Waals surface area (Å²) >= 11 is 3.35. The highest BCUT2D eigenvalue weighted by molar-refractivity contribution is 9.10. The van der Waals surface area contributed by atoms with Crippen LogP contribution in [0.25, 0.3) is 0 Å². The van der Waals surface area contributed by atoms with Crippen molar-refractivity contribution >= 4 is 27.5 Å². The van der Waals surface area contributed by atoms with Crippen molar-refractivity contribution in [3.63, 3.8) is 0 Å². The fourth-order valence-corrected chi connectivity index (χ4v) is 1.93. The summed E-state index contributed by atoms with van der Waals surface area (Å²) in [6.07, 6.45) is 1.55. The number of carbonyl (C=O) groups is 1. The number of aromatic nitrogens is 1. The molecule has 0 saturated heterocycles. The molecular formula is C14H12BrN3O2. The van der Waals surface area contributed by atoms with Gasteiger partial charge in [-0.2, -0.15) is 0 Å². The van der Waals surface area contributed by atoms with Gasteiger partial charge in [0.15, 0.2) is 0 Å². The van der Waals surface area contributed by atoms with E-state index in [-0.39, 0.29) is 11.6 Å². The average molecular weight is 334 g/mol. The quantitative estimate of drug-likeness (QED) is 0.845. The summed E-state index contributed by atoms with van der Waals surface area (Å²) in [5.74, 6) is 0.306. The molecule has 5 nitrogen and oxygen atoms in total. The molecule has 2 aromatic rings. The second-order valence-corrected chi connectivity index (χ2v) is 4.79. The number of hydrogen-bond acceptors (Lipinski definition) is 4. The van der Waals surface area contributed by atoms with Crippen molar-refractivity contribution < 1.29 is 9.53 Å². The Morgan fingerprint density at radius 2 is 2.15 bits per heavy atom. The smallest absolute Gasteiger partial charge is 0.269 e. The van der Waals surface area contributed by atoms with Gasteiger partial charge in [-0.3, -0.25) is 10.2 Å². The number of halogens is 1. The predicted octanol–water partition coefficient (Wildman–Crippen LogP) is 2.75. The highest BCUT2D eigenvalue weighted by atomic mass is 79.9. The summed E-state index contributed by atoms with van der Waals surface area (Å²) in [6, 6.07) is 10.5. The van der Waals surface area contributed by atoms with Gasteiger partial charge in [-0.25, -0.2) is 4.98 Å². The van der Waals surface area contributed by atoms with E-state index in [1.54, 1.807) is 30.5 Å². The van der Waals surface area contributed by atoms with Gasteiger partial charge in [0.2, 0.25) is 5.88 Å². The van der Waals surface area contributed by atoms with Crippen molar-refractivity contribution in [2.24, 2.45) is 0 Å². The maximum Gasteiger partial charge on any atom is 0.269 e. The number of likely N-dealkylation sites (N-methyl/N-ethyl adjacent to an activating group) is 1. The molecule has 2 rings (SSSR count). The molecule has 0 radical (unpaired) electrons. The van der Waals surface area contributed by atoms with Gasteiger partial charge in [0.25, 0.3) is 5.91 Å². The Morgan fingerprint density at radius 3 is 2.85 bits per heavy atom. The molecule has 0 unspecified atom stereocenters. The zero-order valence-electron chi connectivity index (χ0n) is 10.7. The molecule has 0 saturated carbocycles. The number of ether oxygens (including phenoxy) is 1. The van der Waals surface area contributed by atoms with E-state index >= 15 is 0 Å². The molecule has 0 aliphatic heterocycles. The first-order chi connectivity index (χ1) is 9.61. The first kappa shape index (κ1) is 14.2. The number of benzene rings is 1. The monoisotopic (exact) mass is 333 g/mol. The lowest BCUT2D eigenvalue weighted by Gasteiger charge is -2.10. The summed E-state index contributed by atoms with van der Waals surface area (Å²) in [5, 5.41) is 10.3. The zero-order valence-corrected chi connectivity index (χ0v) is 12.3. The number of nitrogens with one attached hydrogen (secondary N) is 2. The van der Waals surface area contributed by atoms with Crippen LogP contribution in [0.15, 0.2) is 47.1 Å². The average Bonchev–Trinajstić information content (AvgIpc) is 2.46. The van der Waals surface area contributed by atoms with E-state index in [1.165, 1.54) is 7.05 Å². The van der Waals surface area contributed by atoms with E-state index in [1.807, 2.05) is 12.1 Å². The third-order valence-electron chi connectivity index (χ3n) is 2.51. The van der Waals surface area contributed by atoms with E-state index in [4.69, 9.17) is 10.1 Å². The summed E-state index contributed by atoms with van der Waals surface area (Å²) < 4.78 is 6.51. The van der Waals surface area contributed by atoms with Crippen molar-refractivity contribution in [1.29, 1.82) is 5.41 Å². The molecule has 1 aromatic heterocycles. The van der Waals surface area contributed by atoms with Gasteiger partial charge in [0.05, 0.1) is 5.56 Å². The van der Waals surface area contributed by atoms with Gasteiger partial charge in [0, 0.05) is 17.7 Å². The van der Waals surface area contributed by atoms with Crippen LogP contribution in [0, 0.1) is 5.41 Å². The molecule has 20 heavy (non-hydrogen) atoms. The van der Waals surface area contributed by atoms with Gasteiger partial charge < -0.3 is 10.1 Å². The highest BCUT2D eigenvalue weighted by Gasteiger charge is 2.16. The van der Waals surface area contributed by atoms with E-state index in [2.05, 4.69) is 26.2 Å². The Labute approximate surface area is 124 Å². The maximum atomic E-state index is 11.5. The molecule has 6 heteroatoms. The third kappa shape index (κ3) is 3.21. The van der Waals surface area contributed by atoms with E-state index in [0.717, 1.165) is 4.47 Å². The Hall–Kier alpha value is -2.21. The topological polar surface area (TPSA) is 75.1 Å². The Bertz CT molecular complexity index is 658. The maximum absolute atomic E-state index is 11.5. The second-order valence-electron chi connectivity index (χ2n) is 3.87. The fraction of sp³-hybridized carbons (Fsp3) is 0.0714. The minimum atomic E-state index is -0.489. The molecule has 0 fully saturated rings. The SMILES string of the molecule is CNC(=O)C(=N)c1cccnc1Oc1cccc(Br)c1. The van der Waals surface area contributed by atoms with Crippen LogP contribution >= 0.6 is 15.9 Å². The standard InChI is InChI=1S/C14H12BrN3O2/c1-17-13(19)12(16)11-6-3-7-18-14(11)20-10-5-2-4-9(15)8-10/h2-8,16H,1H3,(H,17,19). The van der Waals surface area contributed by atoms with E-state index < -0.39 is 5.91 Å². The predicted molar refractivity (Wildman–Crippen MR) is 79.3 cm³/mol. The highest BCUT2D eigenvalue weighted by Crippen LogP contribution is 2.25. The van der Waals surface area contributed by atoms with E-state index in [0.29, 0.717) is 11.3 Å². The van der Waals surface area contributed by atoms with Crippen LogP contribution in [0.2, 0.25) is 0 Å². The van der Waals surface area contributed by atoms with Crippen LogP contribution in [0.4, 0.5) is 0 Å². The van der Waals surface area contributed by atoms with Crippen LogP contribution in [0.1, 0.15) is 5.56 Å². The first-order valence-corrected chi connectivity index (χ1v) is 6.60. The second kappa shape index (κ2) is 6.29. The first-order valence-electron chi connectivity index (χ1n) is 5.81. The lowest BCUT2D eigenvalue weighted by atomic mass is 10.1. The van der Waals surface area contributed by atoms with Crippen molar-refractivity contribution in [3.8, 4) is 11.6 Å². The normalized spacial score (nSPS) is 9.90. The molecule has 0 spiro atoms. The molecule has 102 valence electrons. The molecule has 0 bridgehead atoms. The van der Waals surface area contributed by atoms with Crippen LogP contribution < -0.4 is 10.1 Å². The van der Waals surface area contributed by atoms with Gasteiger partial charge in [-0.05, 0) is 30.3 Å². The Balaban J connectivity index is 2.33. The summed E-state index contributed by atoms with van der Waals surface area (Å²) in [4.78, 5) is 15.6. The number of pyridine rings is 1. The molecule has 0 atom stereocenters. The van der Waals surface area contributed by atoms with Crippen molar-refractivity contribution in [2.45, 2.75) is 0 Å². The summed E-state index contributed by atoms with van der Waals surface area (Å²) in [5.41, 5.74) is 0.150. The molecule has 1 aromatic carbocycles. The molecule has 0 aliphatic carbocycles. The fourth-order valence-electron chi connectivity index (χ4n) is 1.55. The summed E-state index contributed by atoms with van der Waals surface area (Å²) in [6.45, 7) is 0. The van der Waals surface area contributed by atoms with Crippen molar-refractivity contribution in [2.75, 3.05) is 7.05 Å². The lowest BCUT2D eigenvalue weighted by molar-refractivity contribution is -0.114. The van der Waals surface area contributed by atoms with Crippen LogP contribution in [0.5, 0.6) is 11.6 Å². The molecule has 1 heterocycles. The van der Waals surface area contributed by atoms with Gasteiger partial charge in [0.1, 0.15) is 11.5 Å². The third-order valence-corrected chi connectivity index (χ3v) is 3.00. The van der Waals surface area contributed by atoms with Crippen molar-refractivity contribution in [1.82, 2.24) is 10.3 Å². The Morgan fingerprint density at radius 1 is 1.35 bits per heavy atom. The number of rotatable bonds is 4. The van der Waals surface area contributed by atoms with Gasteiger partial charge in [-0.1, -0.05) is 22.0 Å². The number of nitrogens with zero attached hydrogens (tertiary/aromatic N) is 1. The Kier molecular flexibility index (Phi) is 4.47. The molecule has 2 N–H and O–H groups in total. The minimum Gasteiger partial charge on any atom is -0.438 e. The van der Waals surface area contributed by atoms with E-state index in [9.17, 15) is 4.79 Å². The largest absolute Gasteiger partial charge is 0.438 e. The minimum absolute atomic E-state index is 0.189. The van der Waals surface area contributed by atoms with Crippen LogP contribution in [0.3, 0.4) is 0 Å². The zero-order chi connectivity index (χ0) is 14.5. The summed E-state index contributed by atoms with van der Waals surface area (Å²) in [7, 11) is 1.47. The molecular weight excluding hydrogens is 322 g/mol. The lowest BCUT2D eigenvalue weighted by Crippen LogP contribution is -2.27. The van der Waals surface area contributed by atoms with Crippen LogP contribution in [-0.4, -0.2) is 23.7 Å². The van der Waals surface area contributed by atoms with Crippen molar-refractivity contribution in [3.05, 3.63) is 52.6 Å². The number of hydrogen-bond donors (Lipinski definition) is 2. The molecule has 0 aliphatic rings.